The summed E-state index contributed by atoms with van der Waals surface area (Å²) >= 11 is 5.61. The zero-order chi connectivity index (χ0) is 17.6. The lowest BCUT2D eigenvalue weighted by atomic mass is 9.89. The number of thiocarbonyl (C=S) groups is 1. The number of rotatable bonds is 1. The Labute approximate surface area is 152 Å². The number of fused-ring (bicyclic) bond motifs is 3. The first-order valence-corrected chi connectivity index (χ1v) is 8.92. The van der Waals surface area contributed by atoms with Gasteiger partial charge in [0.05, 0.1) is 6.26 Å². The summed E-state index contributed by atoms with van der Waals surface area (Å²) in [6.07, 6.45) is 2.50. The summed E-state index contributed by atoms with van der Waals surface area (Å²) in [5.41, 5.74) is 3.69. The third-order valence-electron chi connectivity index (χ3n) is 5.14. The minimum Gasteiger partial charge on any atom is -0.459 e. The van der Waals surface area contributed by atoms with E-state index in [1.54, 1.807) is 12.1 Å². The summed E-state index contributed by atoms with van der Waals surface area (Å²) in [6, 6.07) is 10.1. The van der Waals surface area contributed by atoms with Gasteiger partial charge in [-0.1, -0.05) is 17.7 Å². The molecule has 1 N–H and O–H groups in total. The molecule has 1 aromatic heterocycles. The van der Waals surface area contributed by atoms with Crippen LogP contribution in [-0.4, -0.2) is 42.1 Å². The summed E-state index contributed by atoms with van der Waals surface area (Å²) in [5.74, 6) is 0.373. The average Bonchev–Trinajstić information content (AvgIpc) is 3.21. The molecule has 3 heterocycles. The molecule has 2 aliphatic rings. The fourth-order valence-electron chi connectivity index (χ4n) is 3.97. The Kier molecular flexibility index (Phi) is 4.09. The molecule has 4 rings (SSSR count). The molecule has 2 aliphatic heterocycles. The quantitative estimate of drug-likeness (QED) is 0.797. The van der Waals surface area contributed by atoms with E-state index in [1.165, 1.54) is 17.4 Å². The molecule has 1 fully saturated rings. The fourth-order valence-corrected chi connectivity index (χ4v) is 4.30. The monoisotopic (exact) mass is 355 g/mol. The van der Waals surface area contributed by atoms with E-state index in [4.69, 9.17) is 16.6 Å². The molecule has 5 nitrogen and oxygen atoms in total. The van der Waals surface area contributed by atoms with Gasteiger partial charge in [-0.05, 0) is 62.9 Å². The predicted molar refractivity (Wildman–Crippen MR) is 101 cm³/mol. The number of benzene rings is 1. The first kappa shape index (κ1) is 16.3. The Bertz CT molecular complexity index is 818. The minimum absolute atomic E-state index is 0.269. The Hall–Kier alpha value is -2.18. The summed E-state index contributed by atoms with van der Waals surface area (Å²) in [5, 5.41) is 3.28. The lowest BCUT2D eigenvalue weighted by molar-refractivity contribution is 0.0950. The third kappa shape index (κ3) is 2.85. The van der Waals surface area contributed by atoms with Crippen LogP contribution in [0.4, 0.5) is 5.69 Å². The highest BCUT2D eigenvalue weighted by molar-refractivity contribution is 7.80. The maximum Gasteiger partial charge on any atom is 0.293 e. The Morgan fingerprint density at radius 3 is 2.96 bits per heavy atom. The maximum atomic E-state index is 12.3. The highest BCUT2D eigenvalue weighted by Gasteiger charge is 2.43. The highest BCUT2D eigenvalue weighted by Crippen LogP contribution is 2.44. The van der Waals surface area contributed by atoms with Crippen LogP contribution >= 0.6 is 12.2 Å². The smallest absolute Gasteiger partial charge is 0.293 e. The molecule has 2 unspecified atom stereocenters. The number of hydrogen-bond donors (Lipinski definition) is 1. The van der Waals surface area contributed by atoms with E-state index in [0.29, 0.717) is 11.0 Å². The van der Waals surface area contributed by atoms with Crippen molar-refractivity contribution in [3.63, 3.8) is 0 Å². The number of piperidine rings is 1. The second-order valence-electron chi connectivity index (χ2n) is 6.89. The molecule has 0 aliphatic carbocycles. The summed E-state index contributed by atoms with van der Waals surface area (Å²) in [7, 11) is 2.16. The standard InChI is InChI=1S/C19H21N3O2S/c1-12-5-6-15-13(10-12)14-11-21(2)8-7-16(14)22(15)19(25)20-18(23)17-4-3-9-24-17/h3-6,9-10,14,16H,7-8,11H2,1-2H3,(H,20,23,25). The van der Waals surface area contributed by atoms with Crippen LogP contribution in [0.15, 0.2) is 41.0 Å². The lowest BCUT2D eigenvalue weighted by Gasteiger charge is -2.37. The van der Waals surface area contributed by atoms with Crippen LogP contribution in [0.25, 0.3) is 0 Å². The first-order valence-electron chi connectivity index (χ1n) is 8.52. The number of hydrogen-bond acceptors (Lipinski definition) is 4. The maximum absolute atomic E-state index is 12.3. The molecular weight excluding hydrogens is 334 g/mol. The van der Waals surface area contributed by atoms with Crippen molar-refractivity contribution in [3.8, 4) is 0 Å². The van der Waals surface area contributed by atoms with E-state index >= 15 is 0 Å². The molecule has 0 spiro atoms. The Morgan fingerprint density at radius 1 is 1.36 bits per heavy atom. The predicted octanol–water partition coefficient (Wildman–Crippen LogP) is 2.91. The van der Waals surface area contributed by atoms with Crippen molar-refractivity contribution >= 4 is 28.9 Å². The van der Waals surface area contributed by atoms with Crippen LogP contribution in [0, 0.1) is 6.92 Å². The Morgan fingerprint density at radius 2 is 2.20 bits per heavy atom. The van der Waals surface area contributed by atoms with Crippen LogP contribution in [0.5, 0.6) is 0 Å². The summed E-state index contributed by atoms with van der Waals surface area (Å²) in [4.78, 5) is 16.8. The van der Waals surface area contributed by atoms with Gasteiger partial charge in [0.25, 0.3) is 5.91 Å². The van der Waals surface area contributed by atoms with Crippen molar-refractivity contribution in [2.45, 2.75) is 25.3 Å². The first-order chi connectivity index (χ1) is 12.0. The largest absolute Gasteiger partial charge is 0.459 e. The molecule has 1 aromatic carbocycles. The van der Waals surface area contributed by atoms with Crippen LogP contribution in [0.3, 0.4) is 0 Å². The van der Waals surface area contributed by atoms with E-state index in [1.807, 2.05) is 0 Å². The average molecular weight is 355 g/mol. The molecule has 25 heavy (non-hydrogen) atoms. The number of anilines is 1. The topological polar surface area (TPSA) is 48.7 Å². The molecule has 0 bridgehead atoms. The molecule has 2 aromatic rings. The van der Waals surface area contributed by atoms with Gasteiger partial charge >= 0.3 is 0 Å². The van der Waals surface area contributed by atoms with Crippen LogP contribution in [0.1, 0.15) is 34.0 Å². The molecule has 6 heteroatoms. The van der Waals surface area contributed by atoms with Crippen LogP contribution in [-0.2, 0) is 0 Å². The van der Waals surface area contributed by atoms with Crippen molar-refractivity contribution in [1.29, 1.82) is 0 Å². The van der Waals surface area contributed by atoms with Gasteiger partial charge in [-0.25, -0.2) is 0 Å². The fraction of sp³-hybridized carbons (Fsp3) is 0.368. The number of aryl methyl sites for hydroxylation is 1. The normalized spacial score (nSPS) is 22.4. The summed E-state index contributed by atoms with van der Waals surface area (Å²) < 4.78 is 5.17. The van der Waals surface area contributed by atoms with E-state index in [-0.39, 0.29) is 17.7 Å². The lowest BCUT2D eigenvalue weighted by Crippen LogP contribution is -2.51. The van der Waals surface area contributed by atoms with E-state index in [9.17, 15) is 4.79 Å². The number of furan rings is 1. The van der Waals surface area contributed by atoms with Crippen molar-refractivity contribution in [2.75, 3.05) is 25.0 Å². The number of carbonyl (C=O) groups is 1. The van der Waals surface area contributed by atoms with Gasteiger partial charge in [0.2, 0.25) is 0 Å². The minimum atomic E-state index is -0.306. The van der Waals surface area contributed by atoms with Gasteiger partial charge < -0.3 is 14.2 Å². The number of likely N-dealkylation sites (N-methyl/N-ethyl adjacent to an activating group) is 1. The number of nitrogens with zero attached hydrogens (tertiary/aromatic N) is 2. The van der Waals surface area contributed by atoms with Gasteiger partial charge in [0.1, 0.15) is 0 Å². The third-order valence-corrected chi connectivity index (χ3v) is 5.44. The molecular formula is C19H21N3O2S. The highest BCUT2D eigenvalue weighted by atomic mass is 32.1. The molecule has 0 radical (unpaired) electrons. The molecule has 1 saturated heterocycles. The van der Waals surface area contributed by atoms with Crippen molar-refractivity contribution < 1.29 is 9.21 Å². The van der Waals surface area contributed by atoms with Gasteiger partial charge in [-0.3, -0.25) is 10.1 Å². The van der Waals surface area contributed by atoms with Gasteiger partial charge in [-0.15, -0.1) is 0 Å². The van der Waals surface area contributed by atoms with E-state index in [0.717, 1.165) is 25.2 Å². The second kappa shape index (κ2) is 6.28. The van der Waals surface area contributed by atoms with Crippen LogP contribution < -0.4 is 10.2 Å². The number of carbonyl (C=O) groups excluding carboxylic acids is 1. The van der Waals surface area contributed by atoms with E-state index < -0.39 is 0 Å². The number of amides is 1. The molecule has 1 amide bonds. The van der Waals surface area contributed by atoms with E-state index in [2.05, 4.69) is 47.3 Å². The Balaban J connectivity index is 1.64. The zero-order valence-corrected chi connectivity index (χ0v) is 15.2. The molecule has 2 atom stereocenters. The molecule has 0 saturated carbocycles. The zero-order valence-electron chi connectivity index (χ0n) is 14.4. The van der Waals surface area contributed by atoms with Gasteiger partial charge in [0, 0.05) is 24.2 Å². The van der Waals surface area contributed by atoms with Crippen molar-refractivity contribution in [3.05, 3.63) is 53.5 Å². The van der Waals surface area contributed by atoms with Crippen molar-refractivity contribution in [2.24, 2.45) is 0 Å². The second-order valence-corrected chi connectivity index (χ2v) is 7.28. The summed E-state index contributed by atoms with van der Waals surface area (Å²) in [6.45, 7) is 4.15. The van der Waals surface area contributed by atoms with Gasteiger partial charge in [0.15, 0.2) is 10.9 Å². The van der Waals surface area contributed by atoms with Gasteiger partial charge in [-0.2, -0.15) is 0 Å². The number of likely N-dealkylation sites (tertiary alicyclic amines) is 1. The SMILES string of the molecule is Cc1ccc2c(c1)C1CN(C)CCC1N2C(=S)NC(=O)c1ccco1. The molecule has 130 valence electrons. The van der Waals surface area contributed by atoms with Crippen molar-refractivity contribution in [1.82, 2.24) is 10.2 Å². The van der Waals surface area contributed by atoms with Crippen LogP contribution in [0.2, 0.25) is 0 Å². The number of nitrogens with one attached hydrogen (secondary N) is 1.